The van der Waals surface area contributed by atoms with Crippen LogP contribution in [0.2, 0.25) is 0 Å². The van der Waals surface area contributed by atoms with Crippen molar-refractivity contribution in [3.8, 4) is 0 Å². The summed E-state index contributed by atoms with van der Waals surface area (Å²) in [5.74, 6) is 1.86. The SMILES string of the molecule is O[C@H]1CC[C@H]2CCCCC2C1. The van der Waals surface area contributed by atoms with Crippen LogP contribution in [0.25, 0.3) is 0 Å². The highest BCUT2D eigenvalue weighted by Gasteiger charge is 2.30. The molecule has 0 aliphatic heterocycles. The number of hydrogen-bond acceptors (Lipinski definition) is 1. The molecule has 0 heterocycles. The van der Waals surface area contributed by atoms with Crippen LogP contribution >= 0.6 is 0 Å². The molecule has 0 saturated heterocycles. The lowest BCUT2D eigenvalue weighted by molar-refractivity contribution is 0.0491. The molecular weight excluding hydrogens is 136 g/mol. The fraction of sp³-hybridized carbons (Fsp3) is 1.00. The summed E-state index contributed by atoms with van der Waals surface area (Å²) in [6, 6.07) is 0. The molecule has 2 aliphatic rings. The van der Waals surface area contributed by atoms with Gasteiger partial charge in [-0.3, -0.25) is 0 Å². The summed E-state index contributed by atoms with van der Waals surface area (Å²) in [5.41, 5.74) is 0. The Morgan fingerprint density at radius 3 is 2.36 bits per heavy atom. The molecule has 11 heavy (non-hydrogen) atoms. The van der Waals surface area contributed by atoms with Crippen LogP contribution in [0.1, 0.15) is 44.9 Å². The molecule has 1 nitrogen and oxygen atoms in total. The second kappa shape index (κ2) is 3.14. The highest BCUT2D eigenvalue weighted by molar-refractivity contribution is 4.82. The van der Waals surface area contributed by atoms with Gasteiger partial charge in [-0.1, -0.05) is 25.7 Å². The Bertz CT molecular complexity index is 133. The van der Waals surface area contributed by atoms with E-state index in [4.69, 9.17) is 0 Å². The average molecular weight is 154 g/mol. The van der Waals surface area contributed by atoms with E-state index in [1.807, 2.05) is 0 Å². The summed E-state index contributed by atoms with van der Waals surface area (Å²) in [6.45, 7) is 0. The van der Waals surface area contributed by atoms with E-state index in [1.165, 1.54) is 32.1 Å². The lowest BCUT2D eigenvalue weighted by Crippen LogP contribution is -2.29. The smallest absolute Gasteiger partial charge is 0.0543 e. The standard InChI is InChI=1S/C10H18O/c11-10-6-5-8-3-1-2-4-9(8)7-10/h8-11H,1-7H2/t8-,9?,10+/m1/s1. The van der Waals surface area contributed by atoms with Gasteiger partial charge in [0.1, 0.15) is 0 Å². The van der Waals surface area contributed by atoms with Crippen LogP contribution in [0.15, 0.2) is 0 Å². The summed E-state index contributed by atoms with van der Waals surface area (Å²) in [4.78, 5) is 0. The van der Waals surface area contributed by atoms with Crippen molar-refractivity contribution in [3.05, 3.63) is 0 Å². The third kappa shape index (κ3) is 1.58. The van der Waals surface area contributed by atoms with E-state index in [2.05, 4.69) is 0 Å². The van der Waals surface area contributed by atoms with Gasteiger partial charge in [0.05, 0.1) is 6.10 Å². The summed E-state index contributed by atoms with van der Waals surface area (Å²) >= 11 is 0. The Kier molecular flexibility index (Phi) is 2.17. The van der Waals surface area contributed by atoms with Gasteiger partial charge in [0.25, 0.3) is 0 Å². The van der Waals surface area contributed by atoms with Crippen molar-refractivity contribution in [2.45, 2.75) is 51.0 Å². The van der Waals surface area contributed by atoms with E-state index in [0.29, 0.717) is 0 Å². The molecule has 2 saturated carbocycles. The van der Waals surface area contributed by atoms with Crippen molar-refractivity contribution in [2.75, 3.05) is 0 Å². The molecule has 0 aromatic heterocycles. The molecule has 0 amide bonds. The minimum absolute atomic E-state index is 0.0364. The van der Waals surface area contributed by atoms with Gasteiger partial charge < -0.3 is 5.11 Å². The first-order valence-corrected chi connectivity index (χ1v) is 5.04. The second-order valence-electron chi connectivity index (χ2n) is 4.27. The van der Waals surface area contributed by atoms with Crippen molar-refractivity contribution in [2.24, 2.45) is 11.8 Å². The van der Waals surface area contributed by atoms with E-state index in [-0.39, 0.29) is 6.10 Å². The second-order valence-corrected chi connectivity index (χ2v) is 4.27. The molecule has 2 aliphatic carbocycles. The van der Waals surface area contributed by atoms with Crippen LogP contribution in [0, 0.1) is 11.8 Å². The molecule has 64 valence electrons. The minimum Gasteiger partial charge on any atom is -0.393 e. The minimum atomic E-state index is 0.0364. The maximum absolute atomic E-state index is 9.45. The molecule has 1 N–H and O–H groups in total. The van der Waals surface area contributed by atoms with Crippen LogP contribution in [0.4, 0.5) is 0 Å². The number of rotatable bonds is 0. The van der Waals surface area contributed by atoms with Crippen molar-refractivity contribution >= 4 is 0 Å². The molecule has 1 heteroatoms. The molecule has 0 radical (unpaired) electrons. The zero-order valence-electron chi connectivity index (χ0n) is 7.13. The van der Waals surface area contributed by atoms with Crippen molar-refractivity contribution in [3.63, 3.8) is 0 Å². The first kappa shape index (κ1) is 7.60. The summed E-state index contributed by atoms with van der Waals surface area (Å²) in [7, 11) is 0. The zero-order chi connectivity index (χ0) is 7.68. The summed E-state index contributed by atoms with van der Waals surface area (Å²) < 4.78 is 0. The topological polar surface area (TPSA) is 20.2 Å². The van der Waals surface area contributed by atoms with Gasteiger partial charge in [0, 0.05) is 0 Å². The van der Waals surface area contributed by atoms with Crippen LogP contribution in [-0.4, -0.2) is 11.2 Å². The van der Waals surface area contributed by atoms with Gasteiger partial charge in [-0.25, -0.2) is 0 Å². The Labute approximate surface area is 68.8 Å². The molecule has 0 aromatic carbocycles. The molecule has 3 atom stereocenters. The third-order valence-electron chi connectivity index (χ3n) is 3.51. The number of aliphatic hydroxyl groups excluding tert-OH is 1. The third-order valence-corrected chi connectivity index (χ3v) is 3.51. The molecule has 0 aromatic rings. The van der Waals surface area contributed by atoms with Crippen LogP contribution < -0.4 is 0 Å². The normalized spacial score (nSPS) is 45.0. The average Bonchev–Trinajstić information content (AvgIpc) is 2.04. The number of aliphatic hydroxyl groups is 1. The van der Waals surface area contributed by atoms with Crippen LogP contribution in [-0.2, 0) is 0 Å². The van der Waals surface area contributed by atoms with Gasteiger partial charge >= 0.3 is 0 Å². The maximum Gasteiger partial charge on any atom is 0.0543 e. The lowest BCUT2D eigenvalue weighted by atomic mass is 9.70. The van der Waals surface area contributed by atoms with E-state index < -0.39 is 0 Å². The summed E-state index contributed by atoms with van der Waals surface area (Å²) in [5, 5.41) is 9.45. The predicted octanol–water partition coefficient (Wildman–Crippen LogP) is 2.34. The lowest BCUT2D eigenvalue weighted by Gasteiger charge is -2.37. The zero-order valence-corrected chi connectivity index (χ0v) is 7.13. The van der Waals surface area contributed by atoms with E-state index in [9.17, 15) is 5.11 Å². The first-order valence-electron chi connectivity index (χ1n) is 5.04. The fourth-order valence-corrected chi connectivity index (χ4v) is 2.85. The maximum atomic E-state index is 9.45. The first-order chi connectivity index (χ1) is 5.36. The Morgan fingerprint density at radius 2 is 1.55 bits per heavy atom. The predicted molar refractivity (Wildman–Crippen MR) is 45.3 cm³/mol. The molecule has 1 unspecified atom stereocenters. The van der Waals surface area contributed by atoms with Crippen molar-refractivity contribution in [1.29, 1.82) is 0 Å². The molecule has 0 spiro atoms. The van der Waals surface area contributed by atoms with E-state index in [0.717, 1.165) is 24.7 Å². The van der Waals surface area contributed by atoms with Gasteiger partial charge in [0.2, 0.25) is 0 Å². The highest BCUT2D eigenvalue weighted by atomic mass is 16.3. The quantitative estimate of drug-likeness (QED) is 0.568. The van der Waals surface area contributed by atoms with Crippen LogP contribution in [0.3, 0.4) is 0 Å². The molecule has 0 bridgehead atoms. The van der Waals surface area contributed by atoms with E-state index in [1.54, 1.807) is 0 Å². The van der Waals surface area contributed by atoms with Crippen molar-refractivity contribution < 1.29 is 5.11 Å². The fourth-order valence-electron chi connectivity index (χ4n) is 2.85. The summed E-state index contributed by atoms with van der Waals surface area (Å²) in [6.07, 6.45) is 9.19. The molecular formula is C10H18O. The van der Waals surface area contributed by atoms with Gasteiger partial charge in [0.15, 0.2) is 0 Å². The largest absolute Gasteiger partial charge is 0.393 e. The monoisotopic (exact) mass is 154 g/mol. The number of hydrogen-bond donors (Lipinski definition) is 1. The highest BCUT2D eigenvalue weighted by Crippen LogP contribution is 2.40. The number of fused-ring (bicyclic) bond motifs is 1. The van der Waals surface area contributed by atoms with Gasteiger partial charge in [-0.2, -0.15) is 0 Å². The van der Waals surface area contributed by atoms with E-state index >= 15 is 0 Å². The Morgan fingerprint density at radius 1 is 0.818 bits per heavy atom. The van der Waals surface area contributed by atoms with Crippen molar-refractivity contribution in [1.82, 2.24) is 0 Å². The Hall–Kier alpha value is -0.0400. The Balaban J connectivity index is 1.93. The molecule has 2 fully saturated rings. The van der Waals surface area contributed by atoms with Gasteiger partial charge in [-0.15, -0.1) is 0 Å². The molecule has 2 rings (SSSR count). The van der Waals surface area contributed by atoms with Gasteiger partial charge in [-0.05, 0) is 31.1 Å². The van der Waals surface area contributed by atoms with Crippen LogP contribution in [0.5, 0.6) is 0 Å².